The maximum atomic E-state index is 10.1. The van der Waals surface area contributed by atoms with Gasteiger partial charge in [-0.15, -0.1) is 0 Å². The summed E-state index contributed by atoms with van der Waals surface area (Å²) >= 11 is 0. The highest BCUT2D eigenvalue weighted by Gasteiger charge is 2.31. The van der Waals surface area contributed by atoms with E-state index in [2.05, 4.69) is 67.3 Å². The number of aliphatic hydroxyl groups is 1. The van der Waals surface area contributed by atoms with E-state index in [1.165, 1.54) is 22.3 Å². The number of hydrogen-bond acceptors (Lipinski definition) is 2. The Morgan fingerprint density at radius 2 is 1.48 bits per heavy atom. The molecule has 1 fully saturated rings. The van der Waals surface area contributed by atoms with E-state index in [1.807, 2.05) is 0 Å². The molecule has 2 nitrogen and oxygen atoms in total. The second kappa shape index (κ2) is 7.29. The quantitative estimate of drug-likeness (QED) is 0.903. The van der Waals surface area contributed by atoms with E-state index in [0.29, 0.717) is 0 Å². The van der Waals surface area contributed by atoms with E-state index in [4.69, 9.17) is 0 Å². The van der Waals surface area contributed by atoms with Gasteiger partial charge in [-0.25, -0.2) is 0 Å². The molecule has 2 aromatic carbocycles. The molecule has 1 heterocycles. The Kier molecular flexibility index (Phi) is 5.14. The third-order valence-corrected chi connectivity index (χ3v) is 5.02. The number of aliphatic hydroxyl groups excluding tert-OH is 1. The molecule has 0 bridgehead atoms. The fourth-order valence-electron chi connectivity index (χ4n) is 3.81. The van der Waals surface area contributed by atoms with Crippen molar-refractivity contribution in [2.45, 2.75) is 45.3 Å². The highest BCUT2D eigenvalue weighted by atomic mass is 16.3. The SMILES string of the molecule is CCc1ccccc1C(c1ccccc1CC)N1CCC(O)C1. The van der Waals surface area contributed by atoms with E-state index in [1.54, 1.807) is 0 Å². The summed E-state index contributed by atoms with van der Waals surface area (Å²) < 4.78 is 0. The molecular formula is C21H27NO. The molecule has 1 aliphatic rings. The lowest BCUT2D eigenvalue weighted by atomic mass is 9.89. The molecule has 1 saturated heterocycles. The van der Waals surface area contributed by atoms with E-state index >= 15 is 0 Å². The van der Waals surface area contributed by atoms with Crippen LogP contribution in [0.1, 0.15) is 48.6 Å². The van der Waals surface area contributed by atoms with Crippen LogP contribution in [-0.4, -0.2) is 29.2 Å². The fourth-order valence-corrected chi connectivity index (χ4v) is 3.81. The number of aryl methyl sites for hydroxylation is 2. The Morgan fingerprint density at radius 3 is 1.91 bits per heavy atom. The van der Waals surface area contributed by atoms with Crippen molar-refractivity contribution in [3.63, 3.8) is 0 Å². The Balaban J connectivity index is 2.10. The summed E-state index contributed by atoms with van der Waals surface area (Å²) in [6, 6.07) is 17.8. The van der Waals surface area contributed by atoms with Gasteiger partial charge in [0.15, 0.2) is 0 Å². The molecule has 1 aliphatic heterocycles. The zero-order chi connectivity index (χ0) is 16.2. The molecule has 23 heavy (non-hydrogen) atoms. The van der Waals surface area contributed by atoms with E-state index in [-0.39, 0.29) is 12.1 Å². The lowest BCUT2D eigenvalue weighted by Gasteiger charge is -2.31. The van der Waals surface area contributed by atoms with Crippen LogP contribution in [0.25, 0.3) is 0 Å². The van der Waals surface area contributed by atoms with Gasteiger partial charge in [-0.05, 0) is 41.5 Å². The molecule has 3 rings (SSSR count). The Labute approximate surface area is 139 Å². The smallest absolute Gasteiger partial charge is 0.0679 e. The number of β-amino-alcohol motifs (C(OH)–C–C–N with tert-alkyl or cyclic N) is 1. The molecule has 0 aliphatic carbocycles. The first-order valence-corrected chi connectivity index (χ1v) is 8.82. The van der Waals surface area contributed by atoms with Gasteiger partial charge in [0, 0.05) is 13.1 Å². The lowest BCUT2D eigenvalue weighted by molar-refractivity contribution is 0.166. The molecular weight excluding hydrogens is 282 g/mol. The van der Waals surface area contributed by atoms with E-state index < -0.39 is 0 Å². The van der Waals surface area contributed by atoms with Crippen LogP contribution in [0.4, 0.5) is 0 Å². The third kappa shape index (κ3) is 3.34. The van der Waals surface area contributed by atoms with Crippen molar-refractivity contribution in [3.8, 4) is 0 Å². The minimum Gasteiger partial charge on any atom is -0.392 e. The third-order valence-electron chi connectivity index (χ3n) is 5.02. The largest absolute Gasteiger partial charge is 0.392 e. The maximum absolute atomic E-state index is 10.1. The van der Waals surface area contributed by atoms with E-state index in [9.17, 15) is 5.11 Å². The normalized spacial score (nSPS) is 18.7. The molecule has 0 spiro atoms. The predicted octanol–water partition coefficient (Wildman–Crippen LogP) is 3.97. The van der Waals surface area contributed by atoms with Crippen molar-refractivity contribution in [2.24, 2.45) is 0 Å². The standard InChI is InChI=1S/C21H27NO/c1-3-16-9-5-7-11-19(16)21(22-14-13-18(23)15-22)20-12-8-6-10-17(20)4-2/h5-12,18,21,23H,3-4,13-15H2,1-2H3. The van der Waals surface area contributed by atoms with Crippen molar-refractivity contribution in [2.75, 3.05) is 13.1 Å². The van der Waals surface area contributed by atoms with E-state index in [0.717, 1.165) is 32.4 Å². The van der Waals surface area contributed by atoms with Gasteiger partial charge in [-0.2, -0.15) is 0 Å². The van der Waals surface area contributed by atoms with Gasteiger partial charge >= 0.3 is 0 Å². The fraction of sp³-hybridized carbons (Fsp3) is 0.429. The molecule has 1 unspecified atom stereocenters. The van der Waals surface area contributed by atoms with Gasteiger partial charge in [0.25, 0.3) is 0 Å². The molecule has 2 heteroatoms. The van der Waals surface area contributed by atoms with Gasteiger partial charge in [-0.1, -0.05) is 62.4 Å². The second-order valence-corrected chi connectivity index (χ2v) is 6.44. The molecule has 0 saturated carbocycles. The average Bonchev–Trinajstić information content (AvgIpc) is 3.02. The van der Waals surface area contributed by atoms with Crippen LogP contribution in [-0.2, 0) is 12.8 Å². The number of rotatable bonds is 5. The monoisotopic (exact) mass is 309 g/mol. The number of nitrogens with zero attached hydrogens (tertiary/aromatic N) is 1. The van der Waals surface area contributed by atoms with Crippen LogP contribution in [0.15, 0.2) is 48.5 Å². The summed E-state index contributed by atoms with van der Waals surface area (Å²) in [6.45, 7) is 6.17. The summed E-state index contributed by atoms with van der Waals surface area (Å²) in [6.07, 6.45) is 2.76. The van der Waals surface area contributed by atoms with Crippen molar-refractivity contribution < 1.29 is 5.11 Å². The molecule has 0 aromatic heterocycles. The van der Waals surface area contributed by atoms with Gasteiger partial charge < -0.3 is 5.11 Å². The second-order valence-electron chi connectivity index (χ2n) is 6.44. The Hall–Kier alpha value is -1.64. The van der Waals surface area contributed by atoms with Crippen molar-refractivity contribution in [3.05, 3.63) is 70.8 Å². The van der Waals surface area contributed by atoms with Crippen LogP contribution in [0, 0.1) is 0 Å². The van der Waals surface area contributed by atoms with Crippen LogP contribution >= 0.6 is 0 Å². The number of hydrogen-bond donors (Lipinski definition) is 1. The molecule has 1 atom stereocenters. The van der Waals surface area contributed by atoms with Crippen molar-refractivity contribution in [1.29, 1.82) is 0 Å². The number of benzene rings is 2. The van der Waals surface area contributed by atoms with Crippen molar-refractivity contribution in [1.82, 2.24) is 4.90 Å². The Morgan fingerprint density at radius 1 is 0.957 bits per heavy atom. The zero-order valence-electron chi connectivity index (χ0n) is 14.2. The van der Waals surface area contributed by atoms with Crippen LogP contribution in [0.2, 0.25) is 0 Å². The first-order chi connectivity index (χ1) is 11.2. The lowest BCUT2D eigenvalue weighted by Crippen LogP contribution is -2.29. The summed E-state index contributed by atoms with van der Waals surface area (Å²) in [5.41, 5.74) is 5.60. The molecule has 2 aromatic rings. The van der Waals surface area contributed by atoms with Gasteiger partial charge in [-0.3, -0.25) is 4.90 Å². The summed E-state index contributed by atoms with van der Waals surface area (Å²) in [5, 5.41) is 10.1. The average molecular weight is 309 g/mol. The summed E-state index contributed by atoms with van der Waals surface area (Å²) in [7, 11) is 0. The van der Waals surface area contributed by atoms with Crippen LogP contribution < -0.4 is 0 Å². The molecule has 0 amide bonds. The van der Waals surface area contributed by atoms with Gasteiger partial charge in [0.2, 0.25) is 0 Å². The molecule has 122 valence electrons. The van der Waals surface area contributed by atoms with Crippen LogP contribution in [0.5, 0.6) is 0 Å². The summed E-state index contributed by atoms with van der Waals surface area (Å²) in [4.78, 5) is 2.45. The molecule has 1 N–H and O–H groups in total. The highest BCUT2D eigenvalue weighted by molar-refractivity contribution is 5.41. The minimum atomic E-state index is -0.194. The first kappa shape index (κ1) is 16.2. The first-order valence-electron chi connectivity index (χ1n) is 8.82. The summed E-state index contributed by atoms with van der Waals surface area (Å²) in [5.74, 6) is 0. The van der Waals surface area contributed by atoms with Crippen molar-refractivity contribution >= 4 is 0 Å². The number of likely N-dealkylation sites (tertiary alicyclic amines) is 1. The van der Waals surface area contributed by atoms with Gasteiger partial charge in [0.05, 0.1) is 12.1 Å². The topological polar surface area (TPSA) is 23.5 Å². The predicted molar refractivity (Wildman–Crippen MR) is 95.7 cm³/mol. The Bertz CT molecular complexity index is 604. The minimum absolute atomic E-state index is 0.194. The van der Waals surface area contributed by atoms with Crippen LogP contribution in [0.3, 0.4) is 0 Å². The molecule has 0 radical (unpaired) electrons. The highest BCUT2D eigenvalue weighted by Crippen LogP contribution is 2.35. The zero-order valence-corrected chi connectivity index (χ0v) is 14.2. The van der Waals surface area contributed by atoms with Gasteiger partial charge in [0.1, 0.15) is 0 Å². The maximum Gasteiger partial charge on any atom is 0.0679 e.